The van der Waals surface area contributed by atoms with Crippen molar-refractivity contribution in [3.63, 3.8) is 0 Å². The van der Waals surface area contributed by atoms with Crippen molar-refractivity contribution in [1.82, 2.24) is 14.4 Å². The molecule has 0 aliphatic rings. The third-order valence-corrected chi connectivity index (χ3v) is 3.81. The molecular weight excluding hydrogens is 266 g/mol. The molecule has 2 aromatic rings. The van der Waals surface area contributed by atoms with Crippen molar-refractivity contribution in [1.29, 1.82) is 0 Å². The van der Waals surface area contributed by atoms with Crippen LogP contribution >= 0.6 is 0 Å². The van der Waals surface area contributed by atoms with Crippen LogP contribution in [0.5, 0.6) is 0 Å². The molecule has 0 unspecified atom stereocenters. The third-order valence-electron chi connectivity index (χ3n) is 2.62. The number of aromatic nitrogens is 1. The zero-order chi connectivity index (χ0) is 13.9. The maximum Gasteiger partial charge on any atom is 0.277 e. The summed E-state index contributed by atoms with van der Waals surface area (Å²) >= 11 is 0. The van der Waals surface area contributed by atoms with E-state index in [1.54, 1.807) is 19.1 Å². The maximum absolute atomic E-state index is 11.8. The van der Waals surface area contributed by atoms with Crippen molar-refractivity contribution in [2.45, 2.75) is 13.5 Å². The van der Waals surface area contributed by atoms with Crippen molar-refractivity contribution in [3.8, 4) is 0 Å². The summed E-state index contributed by atoms with van der Waals surface area (Å²) in [5.74, 6) is 0. The van der Waals surface area contributed by atoms with Gasteiger partial charge in [-0.2, -0.15) is 13.1 Å². The smallest absolute Gasteiger partial charge is 0.277 e. The van der Waals surface area contributed by atoms with Gasteiger partial charge in [-0.3, -0.25) is 4.79 Å². The van der Waals surface area contributed by atoms with E-state index >= 15 is 0 Å². The van der Waals surface area contributed by atoms with Gasteiger partial charge >= 0.3 is 0 Å². The summed E-state index contributed by atoms with van der Waals surface area (Å²) in [5.41, 5.74) is 0.809. The number of fused-ring (bicyclic) bond motifs is 1. The second-order valence-electron chi connectivity index (χ2n) is 4.03. The van der Waals surface area contributed by atoms with Gasteiger partial charge in [0.2, 0.25) is 0 Å². The van der Waals surface area contributed by atoms with Crippen LogP contribution in [0.1, 0.15) is 12.5 Å². The number of rotatable bonds is 5. The molecule has 0 radical (unpaired) electrons. The number of hydrogen-bond acceptors (Lipinski definition) is 3. The lowest BCUT2D eigenvalue weighted by Gasteiger charge is -2.07. The molecule has 7 heteroatoms. The third kappa shape index (κ3) is 3.40. The Morgan fingerprint density at radius 2 is 1.95 bits per heavy atom. The van der Waals surface area contributed by atoms with Gasteiger partial charge in [-0.05, 0) is 17.5 Å². The summed E-state index contributed by atoms with van der Waals surface area (Å²) in [5, 5.41) is 0.861. The fourth-order valence-corrected chi connectivity index (χ4v) is 2.57. The van der Waals surface area contributed by atoms with E-state index in [0.29, 0.717) is 12.1 Å². The van der Waals surface area contributed by atoms with Gasteiger partial charge in [-0.25, -0.2) is 4.72 Å². The highest BCUT2D eigenvalue weighted by molar-refractivity contribution is 7.87. The van der Waals surface area contributed by atoms with Crippen molar-refractivity contribution in [2.75, 3.05) is 6.54 Å². The standard InChI is InChI=1S/C12H15N3O3S/c1-2-13-19(17,18)14-8-10-7-9-5-3-4-6-11(9)15-12(10)16/h3-7,13-14H,2,8H2,1H3,(H,15,16). The van der Waals surface area contributed by atoms with Crippen LogP contribution < -0.4 is 15.0 Å². The summed E-state index contributed by atoms with van der Waals surface area (Å²) < 4.78 is 27.5. The normalized spacial score (nSPS) is 11.8. The van der Waals surface area contributed by atoms with Gasteiger partial charge in [-0.15, -0.1) is 0 Å². The Kier molecular flexibility index (Phi) is 3.98. The number of benzene rings is 1. The van der Waals surface area contributed by atoms with E-state index < -0.39 is 10.2 Å². The first-order chi connectivity index (χ1) is 9.02. The average Bonchev–Trinajstić information content (AvgIpc) is 2.36. The Labute approximate surface area is 111 Å². The average molecular weight is 281 g/mol. The number of nitrogens with one attached hydrogen (secondary N) is 3. The minimum Gasteiger partial charge on any atom is -0.322 e. The van der Waals surface area contributed by atoms with Gasteiger partial charge in [0, 0.05) is 24.2 Å². The van der Waals surface area contributed by atoms with Crippen LogP contribution in [0.2, 0.25) is 0 Å². The zero-order valence-corrected chi connectivity index (χ0v) is 11.3. The molecule has 19 heavy (non-hydrogen) atoms. The first-order valence-corrected chi connectivity index (χ1v) is 7.35. The minimum absolute atomic E-state index is 0.0461. The topological polar surface area (TPSA) is 91.1 Å². The van der Waals surface area contributed by atoms with Crippen LogP contribution in [0.25, 0.3) is 10.9 Å². The van der Waals surface area contributed by atoms with Crippen LogP contribution in [0.4, 0.5) is 0 Å². The molecular formula is C12H15N3O3S. The molecule has 0 atom stereocenters. The largest absolute Gasteiger partial charge is 0.322 e. The Hall–Kier alpha value is -1.70. The molecule has 0 spiro atoms. The Balaban J connectivity index is 2.26. The fraction of sp³-hybridized carbons (Fsp3) is 0.250. The number of hydrogen-bond donors (Lipinski definition) is 3. The predicted molar refractivity (Wildman–Crippen MR) is 74.0 cm³/mol. The van der Waals surface area contributed by atoms with Gasteiger partial charge in [0.05, 0.1) is 0 Å². The van der Waals surface area contributed by atoms with Crippen molar-refractivity contribution >= 4 is 21.1 Å². The Morgan fingerprint density at radius 3 is 2.68 bits per heavy atom. The first kappa shape index (κ1) is 13.7. The summed E-state index contributed by atoms with van der Waals surface area (Å²) in [6.45, 7) is 1.93. The first-order valence-electron chi connectivity index (χ1n) is 5.87. The number of para-hydroxylation sites is 1. The van der Waals surface area contributed by atoms with E-state index in [2.05, 4.69) is 14.4 Å². The molecule has 1 aromatic heterocycles. The van der Waals surface area contributed by atoms with E-state index in [4.69, 9.17) is 0 Å². The fourth-order valence-electron chi connectivity index (χ4n) is 1.74. The summed E-state index contributed by atoms with van der Waals surface area (Å²) in [6.07, 6.45) is 0. The quantitative estimate of drug-likeness (QED) is 0.744. The number of aromatic amines is 1. The molecule has 1 heterocycles. The molecule has 102 valence electrons. The van der Waals surface area contributed by atoms with Gasteiger partial charge in [0.1, 0.15) is 0 Å². The monoisotopic (exact) mass is 281 g/mol. The molecule has 0 amide bonds. The number of H-pyrrole nitrogens is 1. The zero-order valence-electron chi connectivity index (χ0n) is 10.4. The van der Waals surface area contributed by atoms with E-state index in [1.165, 1.54) is 0 Å². The highest BCUT2D eigenvalue weighted by atomic mass is 32.2. The molecule has 2 rings (SSSR count). The van der Waals surface area contributed by atoms with Crippen molar-refractivity contribution < 1.29 is 8.42 Å². The predicted octanol–water partition coefficient (Wildman–Crippen LogP) is 0.472. The molecule has 0 aliphatic carbocycles. The summed E-state index contributed by atoms with van der Waals surface area (Å²) in [7, 11) is -3.55. The van der Waals surface area contributed by atoms with Crippen LogP contribution in [-0.4, -0.2) is 19.9 Å². The number of pyridine rings is 1. The van der Waals surface area contributed by atoms with Gasteiger partial charge < -0.3 is 4.98 Å². The Morgan fingerprint density at radius 1 is 1.21 bits per heavy atom. The van der Waals surface area contributed by atoms with E-state index in [-0.39, 0.29) is 12.1 Å². The molecule has 0 aliphatic heterocycles. The molecule has 6 nitrogen and oxygen atoms in total. The summed E-state index contributed by atoms with van der Waals surface area (Å²) in [4.78, 5) is 14.5. The van der Waals surface area contributed by atoms with Crippen LogP contribution in [-0.2, 0) is 16.8 Å². The second-order valence-corrected chi connectivity index (χ2v) is 5.62. The molecule has 3 N–H and O–H groups in total. The van der Waals surface area contributed by atoms with E-state index in [0.717, 1.165) is 10.9 Å². The molecule has 0 saturated heterocycles. The molecule has 0 bridgehead atoms. The SMILES string of the molecule is CCNS(=O)(=O)NCc1cc2ccccc2[nH]c1=O. The van der Waals surface area contributed by atoms with Gasteiger partial charge in [0.25, 0.3) is 15.8 Å². The second kappa shape index (κ2) is 5.52. The van der Waals surface area contributed by atoms with Crippen LogP contribution in [0, 0.1) is 0 Å². The summed E-state index contributed by atoms with van der Waals surface area (Å²) in [6, 6.07) is 9.01. The van der Waals surface area contributed by atoms with E-state index in [1.807, 2.05) is 18.2 Å². The molecule has 1 aromatic carbocycles. The van der Waals surface area contributed by atoms with Gasteiger partial charge in [-0.1, -0.05) is 25.1 Å². The van der Waals surface area contributed by atoms with Crippen LogP contribution in [0.15, 0.2) is 35.1 Å². The highest BCUT2D eigenvalue weighted by Crippen LogP contribution is 2.09. The van der Waals surface area contributed by atoms with Crippen molar-refractivity contribution in [3.05, 3.63) is 46.2 Å². The van der Waals surface area contributed by atoms with E-state index in [9.17, 15) is 13.2 Å². The molecule has 0 fully saturated rings. The lowest BCUT2D eigenvalue weighted by molar-refractivity contribution is 0.568. The lowest BCUT2D eigenvalue weighted by atomic mass is 10.1. The van der Waals surface area contributed by atoms with Crippen LogP contribution in [0.3, 0.4) is 0 Å². The lowest BCUT2D eigenvalue weighted by Crippen LogP contribution is -2.37. The van der Waals surface area contributed by atoms with Gasteiger partial charge in [0.15, 0.2) is 0 Å². The van der Waals surface area contributed by atoms with Crippen molar-refractivity contribution in [2.24, 2.45) is 0 Å². The molecule has 0 saturated carbocycles. The Bertz CT molecular complexity index is 737. The highest BCUT2D eigenvalue weighted by Gasteiger charge is 2.09. The minimum atomic E-state index is -3.55. The maximum atomic E-state index is 11.8.